The molecule has 0 heterocycles. The van der Waals surface area contributed by atoms with Crippen molar-refractivity contribution in [2.75, 3.05) is 0 Å². The number of amides is 1. The molecule has 0 fully saturated rings. The van der Waals surface area contributed by atoms with Gasteiger partial charge in [0.15, 0.2) is 0 Å². The highest BCUT2D eigenvalue weighted by Crippen LogP contribution is 2.23. The SMILES string of the molecule is CC(C(=O)NC(CC(F)(F)F)C(=O)O)c1cccc(F)c1. The Morgan fingerprint density at radius 1 is 1.33 bits per heavy atom. The van der Waals surface area contributed by atoms with Crippen LogP contribution in [0.3, 0.4) is 0 Å². The van der Waals surface area contributed by atoms with Gasteiger partial charge in [-0.3, -0.25) is 4.79 Å². The molecule has 0 aliphatic rings. The van der Waals surface area contributed by atoms with Crippen LogP contribution in [0.4, 0.5) is 17.6 Å². The topological polar surface area (TPSA) is 66.4 Å². The van der Waals surface area contributed by atoms with Crippen molar-refractivity contribution < 1.29 is 32.3 Å². The molecule has 0 radical (unpaired) electrons. The number of aliphatic carboxylic acids is 1. The zero-order chi connectivity index (χ0) is 16.2. The lowest BCUT2D eigenvalue weighted by Crippen LogP contribution is -2.45. The molecule has 0 spiro atoms. The van der Waals surface area contributed by atoms with Crippen molar-refractivity contribution in [2.45, 2.75) is 31.5 Å². The van der Waals surface area contributed by atoms with E-state index < -0.39 is 42.3 Å². The quantitative estimate of drug-likeness (QED) is 0.821. The highest BCUT2D eigenvalue weighted by molar-refractivity contribution is 5.87. The second-order valence-electron chi connectivity index (χ2n) is 4.50. The van der Waals surface area contributed by atoms with Gasteiger partial charge in [-0.2, -0.15) is 13.2 Å². The van der Waals surface area contributed by atoms with Crippen molar-refractivity contribution in [3.05, 3.63) is 35.6 Å². The van der Waals surface area contributed by atoms with E-state index in [-0.39, 0.29) is 5.56 Å². The van der Waals surface area contributed by atoms with Gasteiger partial charge in [-0.15, -0.1) is 0 Å². The maximum absolute atomic E-state index is 13.0. The van der Waals surface area contributed by atoms with Crippen molar-refractivity contribution in [2.24, 2.45) is 0 Å². The fourth-order valence-electron chi connectivity index (χ4n) is 1.66. The number of benzene rings is 1. The maximum Gasteiger partial charge on any atom is 0.391 e. The number of hydrogen-bond donors (Lipinski definition) is 2. The van der Waals surface area contributed by atoms with E-state index >= 15 is 0 Å². The summed E-state index contributed by atoms with van der Waals surface area (Å²) in [6.45, 7) is 1.34. The molecule has 0 aromatic heterocycles. The smallest absolute Gasteiger partial charge is 0.391 e. The number of halogens is 4. The number of carboxylic acids is 1. The monoisotopic (exact) mass is 307 g/mol. The number of rotatable bonds is 5. The molecule has 4 nitrogen and oxygen atoms in total. The predicted octanol–water partition coefficient (Wildman–Crippen LogP) is 2.45. The molecule has 116 valence electrons. The molecule has 2 unspecified atom stereocenters. The second-order valence-corrected chi connectivity index (χ2v) is 4.50. The van der Waals surface area contributed by atoms with E-state index in [1.807, 2.05) is 5.32 Å². The highest BCUT2D eigenvalue weighted by Gasteiger charge is 2.36. The van der Waals surface area contributed by atoms with Crippen molar-refractivity contribution >= 4 is 11.9 Å². The molecule has 1 aromatic rings. The van der Waals surface area contributed by atoms with Crippen LogP contribution in [0, 0.1) is 5.82 Å². The molecule has 21 heavy (non-hydrogen) atoms. The number of carboxylic acid groups (broad SMARTS) is 1. The number of carbonyl (C=O) groups is 2. The molecule has 0 saturated heterocycles. The van der Waals surface area contributed by atoms with Gasteiger partial charge in [0.2, 0.25) is 5.91 Å². The Kier molecular flexibility index (Phi) is 5.28. The third-order valence-corrected chi connectivity index (χ3v) is 2.79. The molecule has 0 aliphatic heterocycles. The molecule has 2 N–H and O–H groups in total. The minimum Gasteiger partial charge on any atom is -0.480 e. The fraction of sp³-hybridized carbons (Fsp3) is 0.385. The first-order chi connectivity index (χ1) is 9.60. The Hall–Kier alpha value is -2.12. The number of alkyl halides is 3. The van der Waals surface area contributed by atoms with Gasteiger partial charge in [0.05, 0.1) is 12.3 Å². The van der Waals surface area contributed by atoms with E-state index in [0.717, 1.165) is 12.1 Å². The first-order valence-electron chi connectivity index (χ1n) is 5.95. The average molecular weight is 307 g/mol. The number of hydrogen-bond acceptors (Lipinski definition) is 2. The van der Waals surface area contributed by atoms with Crippen LogP contribution < -0.4 is 5.32 Å². The summed E-state index contributed by atoms with van der Waals surface area (Å²) in [5.41, 5.74) is 0.239. The van der Waals surface area contributed by atoms with Crippen LogP contribution in [-0.2, 0) is 9.59 Å². The van der Waals surface area contributed by atoms with Crippen molar-refractivity contribution in [3.63, 3.8) is 0 Å². The Labute approximate surface area is 117 Å². The summed E-state index contributed by atoms with van der Waals surface area (Å²) in [7, 11) is 0. The molecule has 0 bridgehead atoms. The first-order valence-corrected chi connectivity index (χ1v) is 5.95. The van der Waals surface area contributed by atoms with Crippen LogP contribution >= 0.6 is 0 Å². The lowest BCUT2D eigenvalue weighted by atomic mass is 9.99. The Bertz CT molecular complexity index is 530. The van der Waals surface area contributed by atoms with Crippen LogP contribution in [-0.4, -0.2) is 29.2 Å². The van der Waals surface area contributed by atoms with Gasteiger partial charge in [0.1, 0.15) is 11.9 Å². The standard InChI is InChI=1S/C13H13F4NO3/c1-7(8-3-2-4-9(14)5-8)11(19)18-10(12(20)21)6-13(15,16)17/h2-5,7,10H,6H2,1H3,(H,18,19)(H,20,21). The zero-order valence-corrected chi connectivity index (χ0v) is 10.9. The van der Waals surface area contributed by atoms with E-state index in [1.165, 1.54) is 19.1 Å². The van der Waals surface area contributed by atoms with Gasteiger partial charge in [0, 0.05) is 0 Å². The normalized spacial score (nSPS) is 14.3. The molecule has 1 amide bonds. The van der Waals surface area contributed by atoms with Crippen LogP contribution in [0.2, 0.25) is 0 Å². The first kappa shape index (κ1) is 16.9. The lowest BCUT2D eigenvalue weighted by Gasteiger charge is -2.19. The Balaban J connectivity index is 2.80. The summed E-state index contributed by atoms with van der Waals surface area (Å²) in [5.74, 6) is -4.28. The minimum absolute atomic E-state index is 0.239. The van der Waals surface area contributed by atoms with Gasteiger partial charge in [0.25, 0.3) is 0 Å². The summed E-state index contributed by atoms with van der Waals surface area (Å²) < 4.78 is 49.7. The Morgan fingerprint density at radius 3 is 2.43 bits per heavy atom. The van der Waals surface area contributed by atoms with E-state index in [4.69, 9.17) is 5.11 Å². The molecule has 1 rings (SSSR count). The molecule has 8 heteroatoms. The highest BCUT2D eigenvalue weighted by atomic mass is 19.4. The van der Waals surface area contributed by atoms with E-state index in [0.29, 0.717) is 0 Å². The summed E-state index contributed by atoms with van der Waals surface area (Å²) in [5, 5.41) is 10.5. The van der Waals surface area contributed by atoms with Crippen LogP contribution in [0.1, 0.15) is 24.8 Å². The van der Waals surface area contributed by atoms with Crippen molar-refractivity contribution in [3.8, 4) is 0 Å². The molecule has 1 aromatic carbocycles. The Morgan fingerprint density at radius 2 is 1.95 bits per heavy atom. The summed E-state index contributed by atoms with van der Waals surface area (Å²) in [4.78, 5) is 22.5. The van der Waals surface area contributed by atoms with Gasteiger partial charge in [-0.25, -0.2) is 9.18 Å². The average Bonchev–Trinajstić information content (AvgIpc) is 2.35. The summed E-state index contributed by atoms with van der Waals surface area (Å²) in [6, 6.07) is 2.90. The predicted molar refractivity (Wildman–Crippen MR) is 65.1 cm³/mol. The molecule has 0 saturated carbocycles. The largest absolute Gasteiger partial charge is 0.480 e. The number of carbonyl (C=O) groups excluding carboxylic acids is 1. The van der Waals surface area contributed by atoms with Crippen LogP contribution in [0.5, 0.6) is 0 Å². The third kappa shape index (κ3) is 5.41. The van der Waals surface area contributed by atoms with Crippen LogP contribution in [0.15, 0.2) is 24.3 Å². The minimum atomic E-state index is -4.72. The van der Waals surface area contributed by atoms with E-state index in [9.17, 15) is 27.2 Å². The number of nitrogens with one attached hydrogen (secondary N) is 1. The maximum atomic E-state index is 13.0. The summed E-state index contributed by atoms with van der Waals surface area (Å²) >= 11 is 0. The van der Waals surface area contributed by atoms with Gasteiger partial charge < -0.3 is 10.4 Å². The van der Waals surface area contributed by atoms with Crippen molar-refractivity contribution in [1.82, 2.24) is 5.32 Å². The van der Waals surface area contributed by atoms with E-state index in [2.05, 4.69) is 0 Å². The summed E-state index contributed by atoms with van der Waals surface area (Å²) in [6.07, 6.45) is -6.40. The molecule has 0 aliphatic carbocycles. The lowest BCUT2D eigenvalue weighted by molar-refractivity contribution is -0.160. The molecule has 2 atom stereocenters. The second kappa shape index (κ2) is 6.55. The van der Waals surface area contributed by atoms with E-state index in [1.54, 1.807) is 0 Å². The molecular formula is C13H13F4NO3. The molecular weight excluding hydrogens is 294 g/mol. The van der Waals surface area contributed by atoms with Crippen molar-refractivity contribution in [1.29, 1.82) is 0 Å². The van der Waals surface area contributed by atoms with Gasteiger partial charge in [-0.1, -0.05) is 12.1 Å². The fourth-order valence-corrected chi connectivity index (χ4v) is 1.66. The van der Waals surface area contributed by atoms with Gasteiger partial charge >= 0.3 is 12.1 Å². The zero-order valence-electron chi connectivity index (χ0n) is 10.9. The van der Waals surface area contributed by atoms with Gasteiger partial charge in [-0.05, 0) is 24.6 Å². The third-order valence-electron chi connectivity index (χ3n) is 2.79. The van der Waals surface area contributed by atoms with Crippen LogP contribution in [0.25, 0.3) is 0 Å².